The molecule has 5 nitrogen and oxygen atoms in total. The van der Waals surface area contributed by atoms with Crippen LogP contribution in [0.15, 0.2) is 0 Å². The lowest BCUT2D eigenvalue weighted by Crippen LogP contribution is -2.36. The lowest BCUT2D eigenvalue weighted by molar-refractivity contribution is -0.130. The third-order valence-electron chi connectivity index (χ3n) is 7.44. The van der Waals surface area contributed by atoms with Crippen LogP contribution in [-0.4, -0.2) is 43.5 Å². The predicted octanol–water partition coefficient (Wildman–Crippen LogP) is 9.15. The molecule has 0 bridgehead atoms. The van der Waals surface area contributed by atoms with E-state index in [2.05, 4.69) is 24.5 Å². The van der Waals surface area contributed by atoms with Gasteiger partial charge in [0.25, 0.3) is 0 Å². The normalized spacial score (nSPS) is 11.0. The minimum Gasteiger partial charge on any atom is -0.346 e. The van der Waals surface area contributed by atoms with Crippen molar-refractivity contribution < 1.29 is 9.59 Å². The molecule has 37 heavy (non-hydrogen) atoms. The summed E-state index contributed by atoms with van der Waals surface area (Å²) in [5.74, 6) is 0.263. The summed E-state index contributed by atoms with van der Waals surface area (Å²) in [5.41, 5.74) is 0. The first-order valence-electron chi connectivity index (χ1n) is 16.4. The molecule has 0 saturated carbocycles. The highest BCUT2D eigenvalue weighted by Gasteiger charge is 2.08. The smallest absolute Gasteiger partial charge is 0.314 e. The van der Waals surface area contributed by atoms with Gasteiger partial charge >= 0.3 is 6.03 Å². The van der Waals surface area contributed by atoms with E-state index in [-0.39, 0.29) is 11.9 Å². The number of carbonyl (C=O) groups is 2. The molecule has 0 spiro atoms. The van der Waals surface area contributed by atoms with Gasteiger partial charge in [-0.2, -0.15) is 0 Å². The highest BCUT2D eigenvalue weighted by molar-refractivity contribution is 5.75. The summed E-state index contributed by atoms with van der Waals surface area (Å²) in [6.45, 7) is 6.82. The highest BCUT2D eigenvalue weighted by atomic mass is 16.2. The number of unbranched alkanes of at least 4 members (excludes halogenated alkanes) is 20. The van der Waals surface area contributed by atoms with E-state index in [1.54, 1.807) is 0 Å². The summed E-state index contributed by atoms with van der Waals surface area (Å²) in [5, 5.41) is 5.85. The summed E-state index contributed by atoms with van der Waals surface area (Å²) in [7, 11) is 1.94. The lowest BCUT2D eigenvalue weighted by atomic mass is 10.0. The quantitative estimate of drug-likeness (QED) is 0.100. The number of hydrogen-bond acceptors (Lipinski definition) is 2. The van der Waals surface area contributed by atoms with Crippen LogP contribution in [0.1, 0.15) is 168 Å². The van der Waals surface area contributed by atoms with Crippen LogP contribution in [0.25, 0.3) is 0 Å². The van der Waals surface area contributed by atoms with Crippen molar-refractivity contribution in [2.75, 3.05) is 26.7 Å². The lowest BCUT2D eigenvalue weighted by Gasteiger charge is -2.17. The van der Waals surface area contributed by atoms with Gasteiger partial charge in [0.2, 0.25) is 5.91 Å². The van der Waals surface area contributed by atoms with Crippen LogP contribution >= 0.6 is 0 Å². The average molecular weight is 524 g/mol. The Morgan fingerprint density at radius 3 is 1.27 bits per heavy atom. The van der Waals surface area contributed by atoms with Gasteiger partial charge in [-0.05, 0) is 25.7 Å². The number of nitrogens with zero attached hydrogens (tertiary/aromatic N) is 1. The molecule has 0 unspecified atom stereocenters. The number of urea groups is 1. The molecule has 0 aromatic carbocycles. The van der Waals surface area contributed by atoms with E-state index in [4.69, 9.17) is 0 Å². The molecule has 2 N–H and O–H groups in total. The minimum atomic E-state index is -0.0604. The van der Waals surface area contributed by atoms with E-state index in [1.165, 1.54) is 116 Å². The molecule has 0 fully saturated rings. The first-order valence-corrected chi connectivity index (χ1v) is 16.4. The van der Waals surface area contributed by atoms with Gasteiger partial charge in [-0.15, -0.1) is 0 Å². The van der Waals surface area contributed by atoms with Crippen molar-refractivity contribution in [1.82, 2.24) is 15.5 Å². The molecular weight excluding hydrogens is 458 g/mol. The molecule has 0 rings (SSSR count). The number of hydrogen-bond donors (Lipinski definition) is 2. The largest absolute Gasteiger partial charge is 0.346 e. The summed E-state index contributed by atoms with van der Waals surface area (Å²) in [6.07, 6.45) is 30.0. The molecule has 0 aromatic rings. The Morgan fingerprint density at radius 1 is 0.486 bits per heavy atom. The molecule has 0 saturated heterocycles. The van der Waals surface area contributed by atoms with Crippen molar-refractivity contribution in [2.45, 2.75) is 168 Å². The molecular formula is C32H65N3O2. The van der Waals surface area contributed by atoms with Crippen molar-refractivity contribution in [3.63, 3.8) is 0 Å². The van der Waals surface area contributed by atoms with Gasteiger partial charge in [0, 0.05) is 33.1 Å². The van der Waals surface area contributed by atoms with Gasteiger partial charge in [-0.3, -0.25) is 4.79 Å². The van der Waals surface area contributed by atoms with Crippen LogP contribution in [-0.2, 0) is 4.79 Å². The van der Waals surface area contributed by atoms with E-state index >= 15 is 0 Å². The first-order chi connectivity index (χ1) is 18.1. The first kappa shape index (κ1) is 35.7. The zero-order valence-electron chi connectivity index (χ0n) is 25.4. The molecule has 0 aliphatic heterocycles. The van der Waals surface area contributed by atoms with E-state index in [9.17, 15) is 9.59 Å². The average Bonchev–Trinajstić information content (AvgIpc) is 2.90. The molecule has 0 aliphatic rings. The van der Waals surface area contributed by atoms with Crippen LogP contribution in [0.3, 0.4) is 0 Å². The van der Waals surface area contributed by atoms with Crippen LogP contribution in [0.2, 0.25) is 0 Å². The second-order valence-electron chi connectivity index (χ2n) is 11.2. The van der Waals surface area contributed by atoms with Crippen molar-refractivity contribution in [2.24, 2.45) is 0 Å². The Balaban J connectivity index is 3.37. The maximum Gasteiger partial charge on any atom is 0.314 e. The van der Waals surface area contributed by atoms with Gasteiger partial charge in [0.15, 0.2) is 0 Å². The van der Waals surface area contributed by atoms with Crippen molar-refractivity contribution >= 4 is 11.9 Å². The Hall–Kier alpha value is -1.26. The zero-order valence-corrected chi connectivity index (χ0v) is 25.4. The Kier molecular flexibility index (Phi) is 28.3. The summed E-state index contributed by atoms with van der Waals surface area (Å²) >= 11 is 0. The molecule has 5 heteroatoms. The summed E-state index contributed by atoms with van der Waals surface area (Å²) < 4.78 is 0. The highest BCUT2D eigenvalue weighted by Crippen LogP contribution is 2.13. The van der Waals surface area contributed by atoms with Gasteiger partial charge in [-0.25, -0.2) is 4.79 Å². The van der Waals surface area contributed by atoms with Crippen molar-refractivity contribution in [1.29, 1.82) is 0 Å². The molecule has 220 valence electrons. The second-order valence-corrected chi connectivity index (χ2v) is 11.2. The number of rotatable bonds is 28. The van der Waals surface area contributed by atoms with Crippen molar-refractivity contribution in [3.05, 3.63) is 0 Å². The maximum absolute atomic E-state index is 12.3. The topological polar surface area (TPSA) is 61.4 Å². The van der Waals surface area contributed by atoms with Crippen LogP contribution in [0.5, 0.6) is 0 Å². The zero-order chi connectivity index (χ0) is 27.2. The van der Waals surface area contributed by atoms with Gasteiger partial charge in [0.05, 0.1) is 0 Å². The summed E-state index contributed by atoms with van der Waals surface area (Å²) in [4.78, 5) is 26.0. The van der Waals surface area contributed by atoms with E-state index < -0.39 is 0 Å². The standard InChI is InChI=1S/C32H65N3O2/c1-4-6-8-10-11-12-13-14-15-16-17-18-19-21-26-30-35(3)31(36)27-23-22-25-29-34-32(37)33-28-24-20-9-7-5-2/h4-30H2,1-3H3,(H2,33,34,37). The van der Waals surface area contributed by atoms with Gasteiger partial charge in [-0.1, -0.05) is 136 Å². The fraction of sp³-hybridized carbons (Fsp3) is 0.938. The Labute approximate surface area is 231 Å². The van der Waals surface area contributed by atoms with Crippen LogP contribution in [0, 0.1) is 0 Å². The number of amides is 3. The second kappa shape index (κ2) is 29.3. The third-order valence-corrected chi connectivity index (χ3v) is 7.44. The number of carbonyl (C=O) groups excluding carboxylic acids is 2. The summed E-state index contributed by atoms with van der Waals surface area (Å²) in [6, 6.07) is -0.0604. The SMILES string of the molecule is CCCCCCCCCCCCCCCCCN(C)C(=O)CCCCCNC(=O)NCCCCCCC. The minimum absolute atomic E-state index is 0.0604. The molecule has 0 atom stereocenters. The molecule has 0 aliphatic carbocycles. The monoisotopic (exact) mass is 524 g/mol. The van der Waals surface area contributed by atoms with E-state index in [0.29, 0.717) is 13.0 Å². The molecule has 0 aromatic heterocycles. The number of nitrogens with one attached hydrogen (secondary N) is 2. The van der Waals surface area contributed by atoms with Crippen molar-refractivity contribution in [3.8, 4) is 0 Å². The van der Waals surface area contributed by atoms with Crippen LogP contribution < -0.4 is 10.6 Å². The molecule has 0 radical (unpaired) electrons. The van der Waals surface area contributed by atoms with Crippen LogP contribution in [0.4, 0.5) is 4.79 Å². The van der Waals surface area contributed by atoms with E-state index in [0.717, 1.165) is 45.2 Å². The Morgan fingerprint density at radius 2 is 0.838 bits per heavy atom. The maximum atomic E-state index is 12.3. The van der Waals surface area contributed by atoms with Gasteiger partial charge in [0.1, 0.15) is 0 Å². The fourth-order valence-corrected chi connectivity index (χ4v) is 4.81. The Bertz CT molecular complexity index is 498. The molecule has 0 heterocycles. The fourth-order valence-electron chi connectivity index (χ4n) is 4.81. The van der Waals surface area contributed by atoms with Gasteiger partial charge < -0.3 is 15.5 Å². The predicted molar refractivity (Wildman–Crippen MR) is 161 cm³/mol. The van der Waals surface area contributed by atoms with E-state index in [1.807, 2.05) is 11.9 Å². The third kappa shape index (κ3) is 27.6. The molecule has 3 amide bonds.